The van der Waals surface area contributed by atoms with Gasteiger partial charge in [0.15, 0.2) is 0 Å². The molecule has 2 atom stereocenters. The quantitative estimate of drug-likeness (QED) is 0.883. The fourth-order valence-corrected chi connectivity index (χ4v) is 4.30. The van der Waals surface area contributed by atoms with E-state index < -0.39 is 0 Å². The topological polar surface area (TPSA) is 21.3 Å². The number of hydrogen-bond donors (Lipinski definition) is 1. The van der Waals surface area contributed by atoms with Gasteiger partial charge in [0.25, 0.3) is 0 Å². The van der Waals surface area contributed by atoms with Crippen LogP contribution < -0.4 is 10.1 Å². The molecule has 0 spiro atoms. The highest BCUT2D eigenvalue weighted by atomic mass is 16.5. The Bertz CT molecular complexity index is 478. The summed E-state index contributed by atoms with van der Waals surface area (Å²) in [5, 5.41) is 3.47. The summed E-state index contributed by atoms with van der Waals surface area (Å²) in [6.45, 7) is 4.60. The van der Waals surface area contributed by atoms with Crippen molar-refractivity contribution >= 4 is 0 Å². The number of ether oxygens (including phenoxy) is 1. The van der Waals surface area contributed by atoms with Gasteiger partial charge in [-0.05, 0) is 62.4 Å². The lowest BCUT2D eigenvalue weighted by Crippen LogP contribution is -2.63. The molecule has 2 aliphatic carbocycles. The molecule has 1 fully saturated rings. The van der Waals surface area contributed by atoms with E-state index in [1.54, 1.807) is 0 Å². The maximum atomic E-state index is 6.37. The minimum absolute atomic E-state index is 0.313. The zero-order valence-corrected chi connectivity index (χ0v) is 13.0. The molecule has 2 heteroatoms. The summed E-state index contributed by atoms with van der Waals surface area (Å²) < 4.78 is 6.37. The number of nitrogens with one attached hydrogen (secondary N) is 1. The van der Waals surface area contributed by atoms with Crippen LogP contribution in [0.2, 0.25) is 0 Å². The van der Waals surface area contributed by atoms with Gasteiger partial charge in [0.05, 0.1) is 0 Å². The van der Waals surface area contributed by atoms with Crippen molar-refractivity contribution in [2.45, 2.75) is 64.5 Å². The van der Waals surface area contributed by atoms with Crippen molar-refractivity contribution in [2.24, 2.45) is 5.41 Å². The van der Waals surface area contributed by atoms with Crippen molar-refractivity contribution in [3.8, 4) is 5.75 Å². The third-order valence-electron chi connectivity index (χ3n) is 5.80. The van der Waals surface area contributed by atoms with Crippen LogP contribution in [0.3, 0.4) is 0 Å². The van der Waals surface area contributed by atoms with Gasteiger partial charge in [-0.1, -0.05) is 19.9 Å². The standard InChI is InChI=1S/C18H27NO/c1-4-18(5-2)16(19-3)12-17(18)20-15-10-9-13-7-6-8-14(13)11-15/h9-11,16-17,19H,4-8,12H2,1-3H3. The molecule has 0 aromatic heterocycles. The summed E-state index contributed by atoms with van der Waals surface area (Å²) >= 11 is 0. The van der Waals surface area contributed by atoms with Crippen molar-refractivity contribution in [1.29, 1.82) is 0 Å². The van der Waals surface area contributed by atoms with Crippen LogP contribution in [0, 0.1) is 5.41 Å². The van der Waals surface area contributed by atoms with Gasteiger partial charge >= 0.3 is 0 Å². The highest BCUT2D eigenvalue weighted by molar-refractivity contribution is 5.38. The van der Waals surface area contributed by atoms with E-state index in [0.29, 0.717) is 17.6 Å². The summed E-state index contributed by atoms with van der Waals surface area (Å²) in [4.78, 5) is 0. The van der Waals surface area contributed by atoms with Crippen molar-refractivity contribution in [3.05, 3.63) is 29.3 Å². The van der Waals surface area contributed by atoms with E-state index in [4.69, 9.17) is 4.74 Å². The molecule has 2 nitrogen and oxygen atoms in total. The van der Waals surface area contributed by atoms with Crippen LogP contribution in [0.1, 0.15) is 50.7 Å². The van der Waals surface area contributed by atoms with E-state index in [9.17, 15) is 0 Å². The van der Waals surface area contributed by atoms with E-state index in [-0.39, 0.29) is 0 Å². The van der Waals surface area contributed by atoms with Crippen LogP contribution in [0.4, 0.5) is 0 Å². The molecule has 2 unspecified atom stereocenters. The number of hydrogen-bond acceptors (Lipinski definition) is 2. The Morgan fingerprint density at radius 1 is 1.20 bits per heavy atom. The lowest BCUT2D eigenvalue weighted by molar-refractivity contribution is -0.0836. The Balaban J connectivity index is 1.75. The van der Waals surface area contributed by atoms with Gasteiger partial charge in [0.2, 0.25) is 0 Å². The molecule has 1 aromatic carbocycles. The van der Waals surface area contributed by atoms with E-state index in [1.165, 1.54) is 43.2 Å². The van der Waals surface area contributed by atoms with Gasteiger partial charge in [-0.25, -0.2) is 0 Å². The Labute approximate surface area is 122 Å². The Hall–Kier alpha value is -1.02. The largest absolute Gasteiger partial charge is 0.490 e. The van der Waals surface area contributed by atoms with Gasteiger partial charge in [0.1, 0.15) is 11.9 Å². The Morgan fingerprint density at radius 3 is 2.65 bits per heavy atom. The summed E-state index contributed by atoms with van der Waals surface area (Å²) in [5.74, 6) is 1.08. The third kappa shape index (κ3) is 2.05. The molecule has 0 saturated heterocycles. The first-order valence-corrected chi connectivity index (χ1v) is 8.19. The average Bonchev–Trinajstić information content (AvgIpc) is 2.92. The highest BCUT2D eigenvalue weighted by Gasteiger charge is 2.53. The monoisotopic (exact) mass is 273 g/mol. The van der Waals surface area contributed by atoms with E-state index in [2.05, 4.69) is 44.4 Å². The molecule has 1 aromatic rings. The minimum Gasteiger partial charge on any atom is -0.490 e. The number of benzene rings is 1. The molecular formula is C18H27NO. The van der Waals surface area contributed by atoms with Gasteiger partial charge < -0.3 is 10.1 Å². The zero-order valence-electron chi connectivity index (χ0n) is 13.0. The summed E-state index contributed by atoms with van der Waals surface area (Å²) in [5.41, 5.74) is 3.34. The molecular weight excluding hydrogens is 246 g/mol. The second-order valence-corrected chi connectivity index (χ2v) is 6.41. The molecule has 2 aliphatic rings. The second-order valence-electron chi connectivity index (χ2n) is 6.41. The maximum absolute atomic E-state index is 6.37. The van der Waals surface area contributed by atoms with Crippen molar-refractivity contribution < 1.29 is 4.74 Å². The maximum Gasteiger partial charge on any atom is 0.120 e. The number of rotatable bonds is 5. The molecule has 3 rings (SSSR count). The van der Waals surface area contributed by atoms with Crippen LogP contribution in [0.25, 0.3) is 0 Å². The summed E-state index contributed by atoms with van der Waals surface area (Å²) in [7, 11) is 2.08. The van der Waals surface area contributed by atoms with Crippen molar-refractivity contribution in [3.63, 3.8) is 0 Å². The number of aryl methyl sites for hydroxylation is 2. The van der Waals surface area contributed by atoms with Gasteiger partial charge in [-0.15, -0.1) is 0 Å². The van der Waals surface area contributed by atoms with Crippen molar-refractivity contribution in [2.75, 3.05) is 7.05 Å². The van der Waals surface area contributed by atoms with E-state index in [0.717, 1.165) is 12.2 Å². The van der Waals surface area contributed by atoms with E-state index >= 15 is 0 Å². The number of fused-ring (bicyclic) bond motifs is 1. The van der Waals surface area contributed by atoms with Crippen LogP contribution in [-0.4, -0.2) is 19.2 Å². The zero-order chi connectivity index (χ0) is 14.2. The van der Waals surface area contributed by atoms with Crippen LogP contribution in [-0.2, 0) is 12.8 Å². The third-order valence-corrected chi connectivity index (χ3v) is 5.80. The molecule has 0 amide bonds. The first-order valence-electron chi connectivity index (χ1n) is 8.19. The molecule has 1 saturated carbocycles. The minimum atomic E-state index is 0.313. The molecule has 20 heavy (non-hydrogen) atoms. The average molecular weight is 273 g/mol. The van der Waals surface area contributed by atoms with Crippen LogP contribution in [0.5, 0.6) is 5.75 Å². The summed E-state index contributed by atoms with van der Waals surface area (Å²) in [6.07, 6.45) is 7.65. The molecule has 0 bridgehead atoms. The van der Waals surface area contributed by atoms with Crippen LogP contribution in [0.15, 0.2) is 18.2 Å². The first kappa shape index (κ1) is 13.9. The van der Waals surface area contributed by atoms with Crippen LogP contribution >= 0.6 is 0 Å². The van der Waals surface area contributed by atoms with E-state index in [1.807, 2.05) is 0 Å². The molecule has 0 aliphatic heterocycles. The lowest BCUT2D eigenvalue weighted by atomic mass is 9.58. The Kier molecular flexibility index (Phi) is 3.76. The molecule has 110 valence electrons. The predicted molar refractivity (Wildman–Crippen MR) is 83.4 cm³/mol. The van der Waals surface area contributed by atoms with Crippen molar-refractivity contribution in [1.82, 2.24) is 5.32 Å². The fraction of sp³-hybridized carbons (Fsp3) is 0.667. The first-order chi connectivity index (χ1) is 9.73. The molecule has 0 heterocycles. The second kappa shape index (κ2) is 5.40. The SMILES string of the molecule is CCC1(CC)C(NC)CC1Oc1ccc2c(c1)CCC2. The molecule has 1 N–H and O–H groups in total. The Morgan fingerprint density at radius 2 is 1.95 bits per heavy atom. The van der Waals surface area contributed by atoms with Gasteiger partial charge in [0, 0.05) is 17.9 Å². The normalized spacial score (nSPS) is 26.9. The van der Waals surface area contributed by atoms with Gasteiger partial charge in [-0.2, -0.15) is 0 Å². The highest BCUT2D eigenvalue weighted by Crippen LogP contribution is 2.49. The molecule has 0 radical (unpaired) electrons. The smallest absolute Gasteiger partial charge is 0.120 e. The lowest BCUT2D eigenvalue weighted by Gasteiger charge is -2.55. The summed E-state index contributed by atoms with van der Waals surface area (Å²) in [6, 6.07) is 7.33. The predicted octanol–water partition coefficient (Wildman–Crippen LogP) is 3.72. The van der Waals surface area contributed by atoms with Gasteiger partial charge in [-0.3, -0.25) is 0 Å². The fourth-order valence-electron chi connectivity index (χ4n) is 4.30.